The molecule has 15 heavy (non-hydrogen) atoms. The van der Waals surface area contributed by atoms with Gasteiger partial charge in [-0.2, -0.15) is 0 Å². The van der Waals surface area contributed by atoms with Gasteiger partial charge in [-0.25, -0.2) is 0 Å². The topological polar surface area (TPSA) is 12.0 Å². The lowest BCUT2D eigenvalue weighted by Gasteiger charge is -2.29. The van der Waals surface area contributed by atoms with E-state index in [1.54, 1.807) is 0 Å². The van der Waals surface area contributed by atoms with Crippen LogP contribution in [0.4, 0.5) is 0 Å². The molecule has 0 aliphatic carbocycles. The molecule has 0 heterocycles. The lowest BCUT2D eigenvalue weighted by Crippen LogP contribution is -2.35. The number of unbranched alkanes of at least 4 members (excludes halogenated alkanes) is 3. The van der Waals surface area contributed by atoms with Crippen LogP contribution in [0.25, 0.3) is 0 Å². The zero-order valence-electron chi connectivity index (χ0n) is 10.7. The highest BCUT2D eigenvalue weighted by Crippen LogP contribution is 2.26. The summed E-state index contributed by atoms with van der Waals surface area (Å²) in [4.78, 5) is 0. The van der Waals surface area contributed by atoms with E-state index in [-0.39, 0.29) is 0 Å². The normalized spacial score (nSPS) is 12.0. The van der Waals surface area contributed by atoms with Gasteiger partial charge in [-0.3, -0.25) is 0 Å². The molecule has 0 fully saturated rings. The Morgan fingerprint density at radius 1 is 1.00 bits per heavy atom. The summed E-state index contributed by atoms with van der Waals surface area (Å²) in [6.45, 7) is 8.96. The summed E-state index contributed by atoms with van der Waals surface area (Å²) in [6.07, 6.45) is 7.69. The molecule has 0 atom stereocenters. The summed E-state index contributed by atoms with van der Waals surface area (Å²) in [5.74, 6) is 0.780. The van der Waals surface area contributed by atoms with Crippen molar-refractivity contribution in [3.05, 3.63) is 0 Å². The Bertz CT molecular complexity index is 124. The van der Waals surface area contributed by atoms with E-state index in [0.717, 1.165) is 19.0 Å². The van der Waals surface area contributed by atoms with Gasteiger partial charge in [0.2, 0.25) is 0 Å². The molecule has 92 valence electrons. The Morgan fingerprint density at radius 3 is 2.13 bits per heavy atom. The zero-order chi connectivity index (χ0) is 11.6. The van der Waals surface area contributed by atoms with Crippen LogP contribution >= 0.6 is 11.6 Å². The number of alkyl halides is 1. The molecule has 0 aliphatic rings. The number of hydrogen-bond donors (Lipinski definition) is 1. The molecule has 0 rings (SSSR count). The van der Waals surface area contributed by atoms with Gasteiger partial charge < -0.3 is 5.32 Å². The summed E-state index contributed by atoms with van der Waals surface area (Å²) >= 11 is 6.05. The van der Waals surface area contributed by atoms with E-state index < -0.39 is 0 Å². The molecule has 0 aliphatic heterocycles. The number of nitrogens with one attached hydrogen (secondary N) is 1. The highest BCUT2D eigenvalue weighted by molar-refractivity contribution is 6.18. The summed E-state index contributed by atoms with van der Waals surface area (Å²) in [5.41, 5.74) is 0.326. The van der Waals surface area contributed by atoms with Crippen LogP contribution in [0.5, 0.6) is 0 Å². The van der Waals surface area contributed by atoms with Crippen molar-refractivity contribution in [2.75, 3.05) is 19.0 Å². The van der Waals surface area contributed by atoms with E-state index in [4.69, 9.17) is 11.6 Å². The van der Waals surface area contributed by atoms with Crippen molar-refractivity contribution < 1.29 is 0 Å². The third kappa shape index (κ3) is 6.42. The Kier molecular flexibility index (Phi) is 9.63. The van der Waals surface area contributed by atoms with Gasteiger partial charge in [-0.05, 0) is 31.2 Å². The first-order valence-electron chi connectivity index (χ1n) is 6.51. The van der Waals surface area contributed by atoms with Crippen LogP contribution in [0.2, 0.25) is 0 Å². The van der Waals surface area contributed by atoms with Crippen LogP contribution in [0, 0.1) is 5.41 Å². The Hall–Kier alpha value is 0.250. The molecule has 0 radical (unpaired) electrons. The molecule has 2 heteroatoms. The van der Waals surface area contributed by atoms with Gasteiger partial charge in [0.1, 0.15) is 0 Å². The highest BCUT2D eigenvalue weighted by atomic mass is 35.5. The molecule has 0 unspecified atom stereocenters. The maximum Gasteiger partial charge on any atom is 0.0291 e. The van der Waals surface area contributed by atoms with Gasteiger partial charge in [0.15, 0.2) is 0 Å². The van der Waals surface area contributed by atoms with Gasteiger partial charge in [0, 0.05) is 12.4 Å². The van der Waals surface area contributed by atoms with Crippen LogP contribution in [0.1, 0.15) is 59.3 Å². The van der Waals surface area contributed by atoms with Crippen molar-refractivity contribution in [1.29, 1.82) is 0 Å². The summed E-state index contributed by atoms with van der Waals surface area (Å²) in [5, 5.41) is 3.55. The summed E-state index contributed by atoms with van der Waals surface area (Å²) in [6, 6.07) is 0. The van der Waals surface area contributed by atoms with Crippen molar-refractivity contribution in [2.45, 2.75) is 59.3 Å². The maximum atomic E-state index is 6.05. The molecule has 0 spiro atoms. The maximum absolute atomic E-state index is 6.05. The van der Waals surface area contributed by atoms with E-state index in [2.05, 4.69) is 26.1 Å². The van der Waals surface area contributed by atoms with Crippen LogP contribution in [-0.4, -0.2) is 19.0 Å². The van der Waals surface area contributed by atoms with Crippen LogP contribution in [0.3, 0.4) is 0 Å². The zero-order valence-corrected chi connectivity index (χ0v) is 11.5. The summed E-state index contributed by atoms with van der Waals surface area (Å²) < 4.78 is 0. The van der Waals surface area contributed by atoms with E-state index in [0.29, 0.717) is 5.41 Å². The molecule has 1 nitrogen and oxygen atoms in total. The van der Waals surface area contributed by atoms with E-state index in [9.17, 15) is 0 Å². The van der Waals surface area contributed by atoms with E-state index in [1.807, 2.05) is 0 Å². The van der Waals surface area contributed by atoms with Gasteiger partial charge in [0.25, 0.3) is 0 Å². The first-order chi connectivity index (χ1) is 7.24. The van der Waals surface area contributed by atoms with Crippen molar-refractivity contribution in [1.82, 2.24) is 5.32 Å². The molecule has 0 saturated heterocycles. The van der Waals surface area contributed by atoms with E-state index in [1.165, 1.54) is 38.5 Å². The Morgan fingerprint density at radius 2 is 1.67 bits per heavy atom. The fraction of sp³-hybridized carbons (Fsp3) is 1.00. The van der Waals surface area contributed by atoms with Crippen LogP contribution in [-0.2, 0) is 0 Å². The molecule has 0 saturated carbocycles. The number of hydrogen-bond acceptors (Lipinski definition) is 1. The fourth-order valence-electron chi connectivity index (χ4n) is 1.77. The summed E-state index contributed by atoms with van der Waals surface area (Å²) in [7, 11) is 0. The minimum atomic E-state index is 0.326. The van der Waals surface area contributed by atoms with Crippen molar-refractivity contribution in [3.8, 4) is 0 Å². The highest BCUT2D eigenvalue weighted by Gasteiger charge is 2.23. The SMILES string of the molecule is CCCCCCNCC(CC)(CC)CCl. The lowest BCUT2D eigenvalue weighted by atomic mass is 9.84. The largest absolute Gasteiger partial charge is 0.316 e. The van der Waals surface area contributed by atoms with Crippen LogP contribution < -0.4 is 5.32 Å². The number of rotatable bonds is 10. The average Bonchev–Trinajstić information content (AvgIpc) is 2.29. The minimum absolute atomic E-state index is 0.326. The molecule has 1 N–H and O–H groups in total. The fourth-order valence-corrected chi connectivity index (χ4v) is 2.24. The molecule has 0 aromatic heterocycles. The van der Waals surface area contributed by atoms with Gasteiger partial charge in [-0.1, -0.05) is 40.0 Å². The number of halogens is 1. The second kappa shape index (κ2) is 9.47. The van der Waals surface area contributed by atoms with Gasteiger partial charge in [0.05, 0.1) is 0 Å². The van der Waals surface area contributed by atoms with Gasteiger partial charge >= 0.3 is 0 Å². The monoisotopic (exact) mass is 233 g/mol. The third-order valence-corrected chi connectivity index (χ3v) is 4.06. The Labute approximate surface area is 101 Å². The van der Waals surface area contributed by atoms with E-state index >= 15 is 0 Å². The smallest absolute Gasteiger partial charge is 0.0291 e. The predicted molar refractivity (Wildman–Crippen MR) is 70.7 cm³/mol. The Balaban J connectivity index is 3.54. The average molecular weight is 234 g/mol. The first kappa shape index (κ1) is 15.2. The molecule has 0 aromatic rings. The lowest BCUT2D eigenvalue weighted by molar-refractivity contribution is 0.286. The third-order valence-electron chi connectivity index (χ3n) is 3.49. The van der Waals surface area contributed by atoms with Crippen molar-refractivity contribution >= 4 is 11.6 Å². The molecular weight excluding hydrogens is 206 g/mol. The second-order valence-corrected chi connectivity index (χ2v) is 4.85. The second-order valence-electron chi connectivity index (χ2n) is 4.58. The first-order valence-corrected chi connectivity index (χ1v) is 7.04. The van der Waals surface area contributed by atoms with Crippen molar-refractivity contribution in [2.24, 2.45) is 5.41 Å². The standard InChI is InChI=1S/C13H28ClN/c1-4-7-8-9-10-15-12-13(5-2,6-3)11-14/h15H,4-12H2,1-3H3. The molecule has 0 bridgehead atoms. The molecule has 0 amide bonds. The minimum Gasteiger partial charge on any atom is -0.316 e. The molecule has 0 aromatic carbocycles. The van der Waals surface area contributed by atoms with Crippen LogP contribution in [0.15, 0.2) is 0 Å². The molecular formula is C13H28ClN. The van der Waals surface area contributed by atoms with Crippen molar-refractivity contribution in [3.63, 3.8) is 0 Å². The van der Waals surface area contributed by atoms with Gasteiger partial charge in [-0.15, -0.1) is 11.6 Å². The predicted octanol–water partition coefficient (Wildman–Crippen LogP) is 4.20. The quantitative estimate of drug-likeness (QED) is 0.441.